The number of halogens is 1. The Morgan fingerprint density at radius 2 is 1.64 bits per heavy atom. The number of benzene rings is 2. The zero-order valence-electron chi connectivity index (χ0n) is 16.5. The molecular formula is C20H27ClN3O3S+. The molecule has 0 spiro atoms. The number of nitrogens with one attached hydrogen (secondary N) is 1. The molecule has 1 amide bonds. The lowest BCUT2D eigenvalue weighted by Gasteiger charge is -2.21. The highest BCUT2D eigenvalue weighted by molar-refractivity contribution is 7.89. The van der Waals surface area contributed by atoms with E-state index in [4.69, 9.17) is 11.6 Å². The SMILES string of the molecule is CC(C)N(C)S(=O)(=O)c1ccc(NC(=O)C[NH2+][C@H](C)c2ccc(Cl)cc2)cc1. The summed E-state index contributed by atoms with van der Waals surface area (Å²) in [6, 6.07) is 13.7. The highest BCUT2D eigenvalue weighted by Gasteiger charge is 2.22. The number of nitrogens with zero attached hydrogens (tertiary/aromatic N) is 1. The zero-order chi connectivity index (χ0) is 20.9. The number of sulfonamides is 1. The summed E-state index contributed by atoms with van der Waals surface area (Å²) in [5, 5.41) is 5.39. The summed E-state index contributed by atoms with van der Waals surface area (Å²) in [5.41, 5.74) is 1.64. The first-order valence-corrected chi connectivity index (χ1v) is 10.9. The van der Waals surface area contributed by atoms with Gasteiger partial charge in [0.25, 0.3) is 5.91 Å². The predicted octanol–water partition coefficient (Wildman–Crippen LogP) is 2.63. The fourth-order valence-corrected chi connectivity index (χ4v) is 4.05. The van der Waals surface area contributed by atoms with Gasteiger partial charge in [-0.25, -0.2) is 8.42 Å². The average Bonchev–Trinajstić information content (AvgIpc) is 2.66. The monoisotopic (exact) mass is 424 g/mol. The van der Waals surface area contributed by atoms with Crippen LogP contribution in [0.5, 0.6) is 0 Å². The highest BCUT2D eigenvalue weighted by atomic mass is 35.5. The van der Waals surface area contributed by atoms with E-state index in [1.165, 1.54) is 16.4 Å². The molecule has 152 valence electrons. The van der Waals surface area contributed by atoms with Crippen LogP contribution in [0.3, 0.4) is 0 Å². The Morgan fingerprint density at radius 1 is 1.07 bits per heavy atom. The number of carbonyl (C=O) groups excluding carboxylic acids is 1. The number of rotatable bonds is 8. The fourth-order valence-electron chi connectivity index (χ4n) is 2.55. The molecule has 0 saturated heterocycles. The number of amides is 1. The molecule has 1 atom stereocenters. The van der Waals surface area contributed by atoms with Crippen molar-refractivity contribution in [1.82, 2.24) is 4.31 Å². The molecule has 0 unspecified atom stereocenters. The van der Waals surface area contributed by atoms with Gasteiger partial charge in [0.1, 0.15) is 6.04 Å². The van der Waals surface area contributed by atoms with Crippen LogP contribution in [-0.4, -0.2) is 38.3 Å². The summed E-state index contributed by atoms with van der Waals surface area (Å²) < 4.78 is 26.2. The van der Waals surface area contributed by atoms with Gasteiger partial charge in [-0.3, -0.25) is 4.79 Å². The summed E-state index contributed by atoms with van der Waals surface area (Å²) in [7, 11) is -1.98. The molecule has 6 nitrogen and oxygen atoms in total. The Kier molecular flexibility index (Phi) is 7.60. The van der Waals surface area contributed by atoms with E-state index in [1.54, 1.807) is 19.2 Å². The van der Waals surface area contributed by atoms with E-state index in [-0.39, 0.29) is 29.4 Å². The van der Waals surface area contributed by atoms with Crippen molar-refractivity contribution < 1.29 is 18.5 Å². The predicted molar refractivity (Wildman–Crippen MR) is 112 cm³/mol. The Morgan fingerprint density at radius 3 is 2.18 bits per heavy atom. The molecule has 28 heavy (non-hydrogen) atoms. The molecule has 0 fully saturated rings. The van der Waals surface area contributed by atoms with Gasteiger partial charge >= 0.3 is 0 Å². The molecule has 0 aliphatic rings. The normalized spacial score (nSPS) is 13.0. The minimum atomic E-state index is -3.53. The van der Waals surface area contributed by atoms with Crippen LogP contribution in [0.15, 0.2) is 53.4 Å². The molecule has 3 N–H and O–H groups in total. The number of carbonyl (C=O) groups is 1. The lowest BCUT2D eigenvalue weighted by molar-refractivity contribution is -0.682. The minimum Gasteiger partial charge on any atom is -0.333 e. The molecule has 2 aromatic carbocycles. The molecule has 2 rings (SSSR count). The lowest BCUT2D eigenvalue weighted by Crippen LogP contribution is -2.86. The summed E-state index contributed by atoms with van der Waals surface area (Å²) in [5.74, 6) is -0.157. The maximum absolute atomic E-state index is 12.5. The topological polar surface area (TPSA) is 83.1 Å². The Bertz CT molecular complexity index is 897. The molecule has 0 aliphatic heterocycles. The van der Waals surface area contributed by atoms with Gasteiger partial charge in [0, 0.05) is 29.4 Å². The smallest absolute Gasteiger partial charge is 0.279 e. The van der Waals surface area contributed by atoms with E-state index in [2.05, 4.69) is 5.32 Å². The molecule has 0 aromatic heterocycles. The van der Waals surface area contributed by atoms with Gasteiger partial charge in [-0.1, -0.05) is 23.7 Å². The first kappa shape index (κ1) is 22.4. The Balaban J connectivity index is 1.93. The van der Waals surface area contributed by atoms with Crippen LogP contribution >= 0.6 is 11.6 Å². The number of nitrogens with two attached hydrogens (primary N) is 1. The second-order valence-corrected chi connectivity index (χ2v) is 9.40. The van der Waals surface area contributed by atoms with Gasteiger partial charge in [-0.2, -0.15) is 4.31 Å². The molecule has 8 heteroatoms. The number of hydrogen-bond acceptors (Lipinski definition) is 3. The summed E-state index contributed by atoms with van der Waals surface area (Å²) in [6.07, 6.45) is 0. The maximum atomic E-state index is 12.5. The summed E-state index contributed by atoms with van der Waals surface area (Å²) in [4.78, 5) is 12.4. The van der Waals surface area contributed by atoms with E-state index in [0.29, 0.717) is 10.7 Å². The summed E-state index contributed by atoms with van der Waals surface area (Å²) in [6.45, 7) is 5.89. The van der Waals surface area contributed by atoms with Crippen molar-refractivity contribution in [2.75, 3.05) is 18.9 Å². The minimum absolute atomic E-state index is 0.113. The van der Waals surface area contributed by atoms with Gasteiger partial charge in [0.15, 0.2) is 6.54 Å². The average molecular weight is 425 g/mol. The molecule has 0 bridgehead atoms. The first-order valence-electron chi connectivity index (χ1n) is 9.08. The quantitative estimate of drug-likeness (QED) is 0.683. The van der Waals surface area contributed by atoms with Crippen molar-refractivity contribution in [3.8, 4) is 0 Å². The van der Waals surface area contributed by atoms with Crippen LogP contribution in [0.4, 0.5) is 5.69 Å². The second-order valence-electron chi connectivity index (χ2n) is 6.97. The van der Waals surface area contributed by atoms with Crippen molar-refractivity contribution in [3.63, 3.8) is 0 Å². The first-order chi connectivity index (χ1) is 13.1. The van der Waals surface area contributed by atoms with E-state index in [0.717, 1.165) is 5.56 Å². The zero-order valence-corrected chi connectivity index (χ0v) is 18.1. The third kappa shape index (κ3) is 5.78. The third-order valence-electron chi connectivity index (χ3n) is 4.59. The molecule has 0 radical (unpaired) electrons. The van der Waals surface area contributed by atoms with Crippen LogP contribution in [0.25, 0.3) is 0 Å². The van der Waals surface area contributed by atoms with Crippen LogP contribution in [0.2, 0.25) is 5.02 Å². The van der Waals surface area contributed by atoms with Crippen molar-refractivity contribution in [3.05, 3.63) is 59.1 Å². The largest absolute Gasteiger partial charge is 0.333 e. The van der Waals surface area contributed by atoms with E-state index in [1.807, 2.05) is 50.4 Å². The van der Waals surface area contributed by atoms with Gasteiger partial charge in [-0.05, 0) is 57.2 Å². The van der Waals surface area contributed by atoms with Gasteiger partial charge < -0.3 is 10.6 Å². The standard InChI is InChI=1S/C20H26ClN3O3S/c1-14(2)24(4)28(26,27)19-11-9-18(10-12-19)23-20(25)13-22-15(3)16-5-7-17(21)8-6-16/h5-12,14-15,22H,13H2,1-4H3,(H,23,25)/p+1/t15-/m1/s1. The van der Waals surface area contributed by atoms with Gasteiger partial charge in [0.2, 0.25) is 10.0 Å². The van der Waals surface area contributed by atoms with Gasteiger partial charge in [0.05, 0.1) is 4.90 Å². The van der Waals surface area contributed by atoms with E-state index in [9.17, 15) is 13.2 Å². The Labute approximate surface area is 171 Å². The molecule has 0 aliphatic carbocycles. The van der Waals surface area contributed by atoms with Gasteiger partial charge in [-0.15, -0.1) is 0 Å². The second kappa shape index (κ2) is 9.52. The van der Waals surface area contributed by atoms with E-state index >= 15 is 0 Å². The fraction of sp³-hybridized carbons (Fsp3) is 0.350. The van der Waals surface area contributed by atoms with Crippen LogP contribution in [0.1, 0.15) is 32.4 Å². The van der Waals surface area contributed by atoms with Crippen molar-refractivity contribution in [2.45, 2.75) is 37.8 Å². The number of hydrogen-bond donors (Lipinski definition) is 2. The number of anilines is 1. The van der Waals surface area contributed by atoms with Crippen molar-refractivity contribution >= 4 is 33.2 Å². The molecule has 0 saturated carbocycles. The van der Waals surface area contributed by atoms with Crippen LogP contribution < -0.4 is 10.6 Å². The van der Waals surface area contributed by atoms with Crippen molar-refractivity contribution in [1.29, 1.82) is 0 Å². The van der Waals surface area contributed by atoms with E-state index < -0.39 is 10.0 Å². The lowest BCUT2D eigenvalue weighted by atomic mass is 10.1. The van der Waals surface area contributed by atoms with Crippen molar-refractivity contribution in [2.24, 2.45) is 0 Å². The molecular weight excluding hydrogens is 398 g/mol. The Hall–Kier alpha value is -1.93. The third-order valence-corrected chi connectivity index (χ3v) is 6.89. The highest BCUT2D eigenvalue weighted by Crippen LogP contribution is 2.19. The van der Waals surface area contributed by atoms with Crippen LogP contribution in [0, 0.1) is 0 Å². The molecule has 0 heterocycles. The van der Waals surface area contributed by atoms with Crippen LogP contribution in [-0.2, 0) is 14.8 Å². The summed E-state index contributed by atoms with van der Waals surface area (Å²) >= 11 is 5.89. The number of quaternary nitrogens is 1. The molecule has 2 aromatic rings. The maximum Gasteiger partial charge on any atom is 0.279 e.